The fraction of sp³-hybridized carbons (Fsp3) is 0.0952. The standard InChI is InChI=1S/C21H19N3S/c1-2-7-16(8-3-1)15-23-22-14-13-17-9-6-12-20-21(17)24-18-10-4-5-11-19(18)25-20/h1-12,15,22,24H,13-14H2. The van der Waals surface area contributed by atoms with Crippen molar-refractivity contribution in [1.82, 2.24) is 5.43 Å². The molecular weight excluding hydrogens is 326 g/mol. The molecule has 3 aromatic carbocycles. The van der Waals surface area contributed by atoms with Crippen LogP contribution in [0.2, 0.25) is 0 Å². The molecule has 2 N–H and O–H groups in total. The summed E-state index contributed by atoms with van der Waals surface area (Å²) in [5.74, 6) is 0. The van der Waals surface area contributed by atoms with Gasteiger partial charge in [0.2, 0.25) is 0 Å². The lowest BCUT2D eigenvalue weighted by Crippen LogP contribution is -2.12. The Morgan fingerprint density at radius 1 is 0.880 bits per heavy atom. The Kier molecular flexibility index (Phi) is 4.70. The molecule has 25 heavy (non-hydrogen) atoms. The summed E-state index contributed by atoms with van der Waals surface area (Å²) in [6.45, 7) is 0.799. The van der Waals surface area contributed by atoms with Crippen LogP contribution in [0.4, 0.5) is 11.4 Å². The monoisotopic (exact) mass is 345 g/mol. The van der Waals surface area contributed by atoms with E-state index in [1.807, 2.05) is 48.3 Å². The summed E-state index contributed by atoms with van der Waals surface area (Å²) in [5.41, 5.74) is 7.95. The zero-order chi connectivity index (χ0) is 16.9. The van der Waals surface area contributed by atoms with E-state index >= 15 is 0 Å². The van der Waals surface area contributed by atoms with Crippen molar-refractivity contribution in [2.45, 2.75) is 16.2 Å². The average molecular weight is 345 g/mol. The first-order valence-electron chi connectivity index (χ1n) is 8.37. The first-order chi connectivity index (χ1) is 12.4. The van der Waals surface area contributed by atoms with Gasteiger partial charge in [-0.3, -0.25) is 0 Å². The zero-order valence-corrected chi connectivity index (χ0v) is 14.6. The third-order valence-electron chi connectivity index (χ3n) is 4.09. The van der Waals surface area contributed by atoms with Gasteiger partial charge in [-0.2, -0.15) is 5.10 Å². The molecule has 0 saturated carbocycles. The second-order valence-corrected chi connectivity index (χ2v) is 6.92. The first kappa shape index (κ1) is 15.8. The van der Waals surface area contributed by atoms with Gasteiger partial charge in [-0.25, -0.2) is 0 Å². The maximum Gasteiger partial charge on any atom is 0.0559 e. The van der Waals surface area contributed by atoms with Crippen molar-refractivity contribution >= 4 is 29.4 Å². The van der Waals surface area contributed by atoms with Crippen molar-refractivity contribution in [3.63, 3.8) is 0 Å². The highest BCUT2D eigenvalue weighted by molar-refractivity contribution is 7.99. The Balaban J connectivity index is 1.40. The molecule has 124 valence electrons. The molecule has 1 heterocycles. The van der Waals surface area contributed by atoms with E-state index in [0.717, 1.165) is 18.5 Å². The van der Waals surface area contributed by atoms with Crippen LogP contribution in [0.1, 0.15) is 11.1 Å². The Labute approximate surface area is 152 Å². The molecule has 4 rings (SSSR count). The van der Waals surface area contributed by atoms with Gasteiger partial charge in [0.05, 0.1) is 17.6 Å². The first-order valence-corrected chi connectivity index (χ1v) is 9.18. The second-order valence-electron chi connectivity index (χ2n) is 5.84. The van der Waals surface area contributed by atoms with Crippen LogP contribution in [-0.4, -0.2) is 12.8 Å². The third-order valence-corrected chi connectivity index (χ3v) is 5.23. The van der Waals surface area contributed by atoms with E-state index in [4.69, 9.17) is 0 Å². The number of hydrogen-bond donors (Lipinski definition) is 2. The molecule has 0 bridgehead atoms. The Morgan fingerprint density at radius 3 is 2.60 bits per heavy atom. The van der Waals surface area contributed by atoms with E-state index in [1.165, 1.54) is 26.7 Å². The molecule has 3 nitrogen and oxygen atoms in total. The number of anilines is 2. The summed E-state index contributed by atoms with van der Waals surface area (Å²) in [6.07, 6.45) is 2.77. The summed E-state index contributed by atoms with van der Waals surface area (Å²) >= 11 is 1.83. The average Bonchev–Trinajstić information content (AvgIpc) is 2.67. The Bertz CT molecular complexity index is 891. The maximum atomic E-state index is 4.30. The molecule has 1 aliphatic rings. The van der Waals surface area contributed by atoms with Gasteiger partial charge in [0, 0.05) is 16.3 Å². The summed E-state index contributed by atoms with van der Waals surface area (Å²) in [6, 6.07) is 25.0. The van der Waals surface area contributed by atoms with Gasteiger partial charge < -0.3 is 10.7 Å². The summed E-state index contributed by atoms with van der Waals surface area (Å²) < 4.78 is 0. The molecular formula is C21H19N3S. The van der Waals surface area contributed by atoms with Crippen molar-refractivity contribution in [2.24, 2.45) is 5.10 Å². The molecule has 0 aromatic heterocycles. The number of para-hydroxylation sites is 2. The predicted molar refractivity (Wildman–Crippen MR) is 106 cm³/mol. The van der Waals surface area contributed by atoms with Crippen LogP contribution in [-0.2, 0) is 6.42 Å². The third kappa shape index (κ3) is 3.69. The number of rotatable bonds is 5. The fourth-order valence-electron chi connectivity index (χ4n) is 2.84. The number of nitrogens with zero attached hydrogens (tertiary/aromatic N) is 1. The van der Waals surface area contributed by atoms with Gasteiger partial charge in [-0.05, 0) is 35.7 Å². The largest absolute Gasteiger partial charge is 0.353 e. The summed E-state index contributed by atoms with van der Waals surface area (Å²) in [5, 5.41) is 7.89. The van der Waals surface area contributed by atoms with E-state index in [9.17, 15) is 0 Å². The molecule has 0 spiro atoms. The van der Waals surface area contributed by atoms with Gasteiger partial charge in [0.1, 0.15) is 0 Å². The molecule has 1 aliphatic heterocycles. The van der Waals surface area contributed by atoms with Crippen LogP contribution >= 0.6 is 11.8 Å². The molecule has 3 aromatic rings. The van der Waals surface area contributed by atoms with Crippen molar-refractivity contribution in [1.29, 1.82) is 0 Å². The van der Waals surface area contributed by atoms with Gasteiger partial charge in [0.15, 0.2) is 0 Å². The van der Waals surface area contributed by atoms with E-state index < -0.39 is 0 Å². The zero-order valence-electron chi connectivity index (χ0n) is 13.8. The molecule has 0 fully saturated rings. The number of fused-ring (bicyclic) bond motifs is 2. The highest BCUT2D eigenvalue weighted by Gasteiger charge is 2.17. The van der Waals surface area contributed by atoms with Gasteiger partial charge in [0.25, 0.3) is 0 Å². The highest BCUT2D eigenvalue weighted by atomic mass is 32.2. The molecule has 0 radical (unpaired) electrons. The van der Waals surface area contributed by atoms with Crippen LogP contribution < -0.4 is 10.7 Å². The lowest BCUT2D eigenvalue weighted by Gasteiger charge is -2.23. The molecule has 0 unspecified atom stereocenters. The van der Waals surface area contributed by atoms with Crippen molar-refractivity contribution in [2.75, 3.05) is 11.9 Å². The number of hydrazone groups is 1. The minimum absolute atomic E-state index is 0.799. The topological polar surface area (TPSA) is 36.4 Å². The lowest BCUT2D eigenvalue weighted by molar-refractivity contribution is 0.734. The highest BCUT2D eigenvalue weighted by Crippen LogP contribution is 2.45. The van der Waals surface area contributed by atoms with E-state index in [0.29, 0.717) is 0 Å². The van der Waals surface area contributed by atoms with Gasteiger partial charge in [-0.1, -0.05) is 66.4 Å². The fourth-order valence-corrected chi connectivity index (χ4v) is 3.88. The quantitative estimate of drug-likeness (QED) is 0.301. The van der Waals surface area contributed by atoms with Crippen molar-refractivity contribution < 1.29 is 0 Å². The van der Waals surface area contributed by atoms with Crippen molar-refractivity contribution in [3.05, 3.63) is 83.9 Å². The molecule has 0 amide bonds. The Hall–Kier alpha value is -2.72. The van der Waals surface area contributed by atoms with E-state index in [2.05, 4.69) is 58.3 Å². The van der Waals surface area contributed by atoms with Crippen LogP contribution in [0, 0.1) is 0 Å². The molecule has 0 atom stereocenters. The van der Waals surface area contributed by atoms with Crippen molar-refractivity contribution in [3.8, 4) is 0 Å². The smallest absolute Gasteiger partial charge is 0.0559 e. The van der Waals surface area contributed by atoms with E-state index in [1.54, 1.807) is 0 Å². The van der Waals surface area contributed by atoms with Gasteiger partial charge in [-0.15, -0.1) is 0 Å². The van der Waals surface area contributed by atoms with E-state index in [-0.39, 0.29) is 0 Å². The number of nitrogens with one attached hydrogen (secondary N) is 2. The predicted octanol–water partition coefficient (Wildman–Crippen LogP) is 5.06. The maximum absolute atomic E-state index is 4.30. The van der Waals surface area contributed by atoms with Crippen LogP contribution in [0.15, 0.2) is 87.7 Å². The second kappa shape index (κ2) is 7.45. The van der Waals surface area contributed by atoms with Gasteiger partial charge >= 0.3 is 0 Å². The normalized spacial score (nSPS) is 12.3. The lowest BCUT2D eigenvalue weighted by atomic mass is 10.1. The Morgan fingerprint density at radius 2 is 1.68 bits per heavy atom. The SMILES string of the molecule is C(=NNCCc1cccc2c1Nc1ccccc1S2)c1ccccc1. The summed E-state index contributed by atoms with van der Waals surface area (Å²) in [7, 11) is 0. The molecule has 0 saturated heterocycles. The molecule has 4 heteroatoms. The minimum atomic E-state index is 0.799. The van der Waals surface area contributed by atoms with Crippen LogP contribution in [0.25, 0.3) is 0 Å². The number of benzene rings is 3. The number of hydrogen-bond acceptors (Lipinski definition) is 4. The summed E-state index contributed by atoms with van der Waals surface area (Å²) in [4.78, 5) is 2.56. The van der Waals surface area contributed by atoms with Crippen LogP contribution in [0.5, 0.6) is 0 Å². The molecule has 0 aliphatic carbocycles. The van der Waals surface area contributed by atoms with Crippen LogP contribution in [0.3, 0.4) is 0 Å². The minimum Gasteiger partial charge on any atom is -0.353 e.